The second kappa shape index (κ2) is 7.41. The van der Waals surface area contributed by atoms with Gasteiger partial charge in [-0.15, -0.1) is 0 Å². The van der Waals surface area contributed by atoms with Crippen LogP contribution in [0.25, 0.3) is 5.69 Å². The minimum atomic E-state index is -0.483. The Labute approximate surface area is 172 Å². The van der Waals surface area contributed by atoms with Gasteiger partial charge in [-0.1, -0.05) is 23.7 Å². The number of hydrogen-bond acceptors (Lipinski definition) is 6. The Hall–Kier alpha value is -3.63. The molecule has 2 N–H and O–H groups in total. The van der Waals surface area contributed by atoms with Crippen LogP contribution < -0.4 is 19.9 Å². The molecule has 1 aliphatic heterocycles. The highest BCUT2D eigenvalue weighted by atomic mass is 35.5. The lowest BCUT2D eigenvalue weighted by molar-refractivity contribution is 0.354. The average Bonchev–Trinajstić information content (AvgIpc) is 3.15. The molecule has 0 radical (unpaired) electrons. The monoisotopic (exact) mass is 408 g/mol. The van der Waals surface area contributed by atoms with E-state index in [1.165, 1.54) is 0 Å². The van der Waals surface area contributed by atoms with E-state index in [0.717, 1.165) is 11.3 Å². The Morgan fingerprint density at radius 1 is 1.17 bits per heavy atom. The summed E-state index contributed by atoms with van der Waals surface area (Å²) in [5, 5.41) is 10.2. The first-order valence-corrected chi connectivity index (χ1v) is 9.07. The number of ether oxygens (including phenoxy) is 3. The van der Waals surface area contributed by atoms with E-state index in [9.17, 15) is 5.26 Å². The van der Waals surface area contributed by atoms with Gasteiger partial charge in [0.1, 0.15) is 23.7 Å². The van der Waals surface area contributed by atoms with Gasteiger partial charge in [0.25, 0.3) is 0 Å². The number of nitrogens with zero attached hydrogens (tertiary/aromatic N) is 3. The van der Waals surface area contributed by atoms with Gasteiger partial charge in [-0.05, 0) is 29.8 Å². The molecule has 0 bridgehead atoms. The molecule has 146 valence electrons. The van der Waals surface area contributed by atoms with E-state index in [4.69, 9.17) is 31.5 Å². The number of nitrogens with two attached hydrogens (primary N) is 1. The third-order valence-corrected chi connectivity index (χ3v) is 4.97. The van der Waals surface area contributed by atoms with Crippen LogP contribution in [0.5, 0.6) is 17.4 Å². The second-order valence-electron chi connectivity index (χ2n) is 6.32. The second-order valence-corrected chi connectivity index (χ2v) is 6.76. The molecule has 0 saturated heterocycles. The number of hydrogen-bond donors (Lipinski definition) is 1. The molecule has 0 amide bonds. The summed E-state index contributed by atoms with van der Waals surface area (Å²) in [5.41, 5.74) is 8.51. The molecule has 7 nitrogen and oxygen atoms in total. The molecule has 2 aromatic carbocycles. The molecule has 4 rings (SSSR count). The van der Waals surface area contributed by atoms with Gasteiger partial charge in [-0.25, -0.2) is 4.98 Å². The number of allylic oxidation sites excluding steroid dienone is 1. The standard InChI is InChI=1S/C21H17ClN4O3/c1-27-16-7-6-14(9-17(16)28-2)26-11-25-19-18(12-4-3-5-13(22)8-12)15(10-23)20(24)29-21(19)26/h3-9,11,18H,24H2,1-2H3/t18-/m1/s1. The highest BCUT2D eigenvalue weighted by Crippen LogP contribution is 2.43. The van der Waals surface area contributed by atoms with E-state index < -0.39 is 5.92 Å². The first kappa shape index (κ1) is 18.7. The maximum atomic E-state index is 9.67. The van der Waals surface area contributed by atoms with Crippen molar-refractivity contribution in [1.82, 2.24) is 9.55 Å². The van der Waals surface area contributed by atoms with Gasteiger partial charge in [0.05, 0.1) is 25.8 Å². The highest BCUT2D eigenvalue weighted by molar-refractivity contribution is 6.30. The minimum Gasteiger partial charge on any atom is -0.493 e. The maximum absolute atomic E-state index is 9.67. The van der Waals surface area contributed by atoms with Crippen LogP contribution in [0.3, 0.4) is 0 Å². The lowest BCUT2D eigenvalue weighted by atomic mass is 9.88. The van der Waals surface area contributed by atoms with E-state index in [-0.39, 0.29) is 11.5 Å². The number of halogens is 1. The fourth-order valence-electron chi connectivity index (χ4n) is 3.38. The van der Waals surface area contributed by atoms with Crippen LogP contribution in [-0.4, -0.2) is 23.8 Å². The van der Waals surface area contributed by atoms with Gasteiger partial charge in [-0.3, -0.25) is 4.57 Å². The lowest BCUT2D eigenvalue weighted by Gasteiger charge is -2.24. The Balaban J connectivity index is 1.87. The van der Waals surface area contributed by atoms with Gasteiger partial charge >= 0.3 is 0 Å². The fraction of sp³-hybridized carbons (Fsp3) is 0.143. The molecule has 1 aromatic heterocycles. The largest absolute Gasteiger partial charge is 0.493 e. The van der Waals surface area contributed by atoms with E-state index in [0.29, 0.717) is 28.1 Å². The highest BCUT2D eigenvalue weighted by Gasteiger charge is 2.34. The molecule has 0 saturated carbocycles. The molecule has 1 aliphatic rings. The first-order chi connectivity index (χ1) is 14.1. The van der Waals surface area contributed by atoms with E-state index >= 15 is 0 Å². The van der Waals surface area contributed by atoms with Crippen molar-refractivity contribution < 1.29 is 14.2 Å². The number of imidazole rings is 1. The van der Waals surface area contributed by atoms with Crippen LogP contribution in [0.2, 0.25) is 5.02 Å². The molecule has 0 unspecified atom stereocenters. The predicted octanol–water partition coefficient (Wildman–Crippen LogP) is 3.76. The molecule has 0 fully saturated rings. The van der Waals surface area contributed by atoms with Crippen LogP contribution in [0, 0.1) is 11.3 Å². The summed E-state index contributed by atoms with van der Waals surface area (Å²) in [7, 11) is 3.14. The van der Waals surface area contributed by atoms with Crippen molar-refractivity contribution in [1.29, 1.82) is 5.26 Å². The third-order valence-electron chi connectivity index (χ3n) is 4.73. The normalized spacial score (nSPS) is 15.3. The maximum Gasteiger partial charge on any atom is 0.230 e. The van der Waals surface area contributed by atoms with Gasteiger partial charge in [0, 0.05) is 11.1 Å². The van der Waals surface area contributed by atoms with E-state index in [2.05, 4.69) is 11.1 Å². The molecule has 0 spiro atoms. The Kier molecular flexibility index (Phi) is 4.79. The van der Waals surface area contributed by atoms with Gasteiger partial charge in [-0.2, -0.15) is 5.26 Å². The van der Waals surface area contributed by atoms with Crippen LogP contribution in [0.4, 0.5) is 0 Å². The van der Waals surface area contributed by atoms with Crippen LogP contribution >= 0.6 is 11.6 Å². The van der Waals surface area contributed by atoms with Gasteiger partial charge < -0.3 is 19.9 Å². The summed E-state index contributed by atoms with van der Waals surface area (Å²) in [6.45, 7) is 0. The van der Waals surface area contributed by atoms with Crippen molar-refractivity contribution in [3.63, 3.8) is 0 Å². The Morgan fingerprint density at radius 2 is 1.97 bits per heavy atom. The number of nitriles is 1. The number of aromatic nitrogens is 2. The first-order valence-electron chi connectivity index (χ1n) is 8.70. The summed E-state index contributed by atoms with van der Waals surface area (Å²) >= 11 is 6.17. The molecular formula is C21H17ClN4O3. The van der Waals surface area contributed by atoms with E-state index in [1.54, 1.807) is 49.4 Å². The fourth-order valence-corrected chi connectivity index (χ4v) is 3.58. The zero-order chi connectivity index (χ0) is 20.5. The predicted molar refractivity (Wildman–Crippen MR) is 107 cm³/mol. The molecule has 0 aliphatic carbocycles. The number of benzene rings is 2. The lowest BCUT2D eigenvalue weighted by Crippen LogP contribution is -2.22. The Bertz CT molecular complexity index is 1160. The summed E-state index contributed by atoms with van der Waals surface area (Å²) in [4.78, 5) is 4.53. The van der Waals surface area contributed by atoms with Crippen molar-refractivity contribution in [2.75, 3.05) is 14.2 Å². The van der Waals surface area contributed by atoms with Crippen LogP contribution in [0.15, 0.2) is 60.2 Å². The summed E-state index contributed by atoms with van der Waals surface area (Å²) in [5.74, 6) is 1.15. The van der Waals surface area contributed by atoms with Gasteiger partial charge in [0.15, 0.2) is 11.5 Å². The summed E-state index contributed by atoms with van der Waals surface area (Å²) < 4.78 is 18.2. The minimum absolute atomic E-state index is 0.0344. The Morgan fingerprint density at radius 3 is 2.66 bits per heavy atom. The SMILES string of the molecule is COc1ccc(-n2cnc3c2OC(N)=C(C#N)[C@H]3c2cccc(Cl)c2)cc1OC. The van der Waals surface area contributed by atoms with Crippen molar-refractivity contribution in [3.05, 3.63) is 76.5 Å². The third kappa shape index (κ3) is 3.13. The molecule has 2 heterocycles. The average molecular weight is 409 g/mol. The van der Waals surface area contributed by atoms with Crippen LogP contribution in [0.1, 0.15) is 17.2 Å². The van der Waals surface area contributed by atoms with Crippen molar-refractivity contribution in [3.8, 4) is 29.1 Å². The van der Waals surface area contributed by atoms with Crippen LogP contribution in [-0.2, 0) is 0 Å². The van der Waals surface area contributed by atoms with Crippen molar-refractivity contribution in [2.24, 2.45) is 5.73 Å². The van der Waals surface area contributed by atoms with E-state index in [1.807, 2.05) is 18.2 Å². The summed E-state index contributed by atoms with van der Waals surface area (Å²) in [6.07, 6.45) is 1.62. The number of fused-ring (bicyclic) bond motifs is 1. The smallest absolute Gasteiger partial charge is 0.230 e. The number of methoxy groups -OCH3 is 2. The quantitative estimate of drug-likeness (QED) is 0.706. The molecular weight excluding hydrogens is 392 g/mol. The molecule has 8 heteroatoms. The zero-order valence-electron chi connectivity index (χ0n) is 15.7. The molecule has 29 heavy (non-hydrogen) atoms. The van der Waals surface area contributed by atoms with Gasteiger partial charge in [0.2, 0.25) is 11.8 Å². The molecule has 3 aromatic rings. The number of rotatable bonds is 4. The topological polar surface area (TPSA) is 95.3 Å². The zero-order valence-corrected chi connectivity index (χ0v) is 16.5. The molecule has 1 atom stereocenters. The van der Waals surface area contributed by atoms with Crippen molar-refractivity contribution in [2.45, 2.75) is 5.92 Å². The van der Waals surface area contributed by atoms with Crippen molar-refractivity contribution >= 4 is 11.6 Å². The summed E-state index contributed by atoms with van der Waals surface area (Å²) in [6, 6.07) is 14.9.